The van der Waals surface area contributed by atoms with Gasteiger partial charge in [-0.1, -0.05) is 23.2 Å². The molecule has 3 rings (SSSR count). The highest BCUT2D eigenvalue weighted by Gasteiger charge is 2.09. The Bertz CT molecular complexity index is 661. The molecule has 0 aliphatic carbocycles. The van der Waals surface area contributed by atoms with Crippen molar-refractivity contribution in [2.75, 3.05) is 0 Å². The van der Waals surface area contributed by atoms with Crippen molar-refractivity contribution >= 4 is 45.6 Å². The van der Waals surface area contributed by atoms with Gasteiger partial charge in [-0.25, -0.2) is 4.98 Å². The maximum absolute atomic E-state index is 5.97. The van der Waals surface area contributed by atoms with Crippen molar-refractivity contribution in [2.45, 2.75) is 6.92 Å². The standard InChI is InChI=1S/C12H8Cl2N2S/c1-6-2-3-11(17-6)12-15-9-4-7(13)8(14)5-10(9)16-12/h2-5H,1H3,(H,15,16). The molecule has 0 aliphatic rings. The summed E-state index contributed by atoms with van der Waals surface area (Å²) in [6.45, 7) is 2.07. The smallest absolute Gasteiger partial charge is 0.148 e. The first-order valence-corrected chi connectivity index (χ1v) is 6.62. The van der Waals surface area contributed by atoms with E-state index in [4.69, 9.17) is 23.2 Å². The van der Waals surface area contributed by atoms with Crippen LogP contribution < -0.4 is 0 Å². The van der Waals surface area contributed by atoms with Crippen LogP contribution in [-0.2, 0) is 0 Å². The lowest BCUT2D eigenvalue weighted by Crippen LogP contribution is -1.72. The lowest BCUT2D eigenvalue weighted by molar-refractivity contribution is 1.36. The Morgan fingerprint density at radius 1 is 1.18 bits per heavy atom. The lowest BCUT2D eigenvalue weighted by atomic mass is 10.3. The van der Waals surface area contributed by atoms with E-state index < -0.39 is 0 Å². The van der Waals surface area contributed by atoms with Gasteiger partial charge in [-0.2, -0.15) is 0 Å². The van der Waals surface area contributed by atoms with E-state index in [0.717, 1.165) is 21.7 Å². The van der Waals surface area contributed by atoms with Gasteiger partial charge >= 0.3 is 0 Å². The summed E-state index contributed by atoms with van der Waals surface area (Å²) in [6, 6.07) is 7.71. The Hall–Kier alpha value is -1.03. The minimum Gasteiger partial charge on any atom is -0.337 e. The normalized spacial score (nSPS) is 11.2. The highest BCUT2D eigenvalue weighted by molar-refractivity contribution is 7.15. The van der Waals surface area contributed by atoms with E-state index >= 15 is 0 Å². The molecule has 3 aromatic rings. The van der Waals surface area contributed by atoms with Crippen LogP contribution >= 0.6 is 34.5 Å². The molecule has 86 valence electrons. The van der Waals surface area contributed by atoms with Crippen LogP contribution in [0.15, 0.2) is 24.3 Å². The summed E-state index contributed by atoms with van der Waals surface area (Å²) in [5, 5.41) is 1.07. The SMILES string of the molecule is Cc1ccc(-c2nc3cc(Cl)c(Cl)cc3[nH]2)s1. The van der Waals surface area contributed by atoms with Crippen molar-refractivity contribution in [1.82, 2.24) is 9.97 Å². The fourth-order valence-electron chi connectivity index (χ4n) is 1.68. The second-order valence-corrected chi connectivity index (χ2v) is 5.88. The van der Waals surface area contributed by atoms with Crippen molar-refractivity contribution in [3.8, 4) is 10.7 Å². The van der Waals surface area contributed by atoms with Crippen molar-refractivity contribution in [3.05, 3.63) is 39.2 Å². The van der Waals surface area contributed by atoms with E-state index in [1.54, 1.807) is 23.5 Å². The van der Waals surface area contributed by atoms with Crippen molar-refractivity contribution in [2.24, 2.45) is 0 Å². The fourth-order valence-corrected chi connectivity index (χ4v) is 2.82. The number of H-pyrrole nitrogens is 1. The molecule has 0 radical (unpaired) electrons. The van der Waals surface area contributed by atoms with E-state index in [1.807, 2.05) is 0 Å². The number of hydrogen-bond donors (Lipinski definition) is 1. The number of imidazole rings is 1. The maximum Gasteiger partial charge on any atom is 0.148 e. The molecule has 0 amide bonds. The van der Waals surface area contributed by atoms with E-state index in [2.05, 4.69) is 29.0 Å². The Labute approximate surface area is 112 Å². The van der Waals surface area contributed by atoms with E-state index in [0.29, 0.717) is 10.0 Å². The molecule has 0 atom stereocenters. The number of nitrogens with zero attached hydrogens (tertiary/aromatic N) is 1. The van der Waals surface area contributed by atoms with Crippen LogP contribution in [0, 0.1) is 6.92 Å². The summed E-state index contributed by atoms with van der Waals surface area (Å²) in [7, 11) is 0. The van der Waals surface area contributed by atoms with Crippen molar-refractivity contribution in [3.63, 3.8) is 0 Å². The summed E-state index contributed by atoms with van der Waals surface area (Å²) in [6.07, 6.45) is 0. The Kier molecular flexibility index (Phi) is 2.62. The van der Waals surface area contributed by atoms with Gasteiger partial charge in [0, 0.05) is 4.88 Å². The second-order valence-electron chi connectivity index (χ2n) is 3.78. The second kappa shape index (κ2) is 4.02. The van der Waals surface area contributed by atoms with Gasteiger partial charge in [0.25, 0.3) is 0 Å². The first-order valence-electron chi connectivity index (χ1n) is 5.05. The van der Waals surface area contributed by atoms with Crippen LogP contribution in [0.1, 0.15) is 4.88 Å². The number of rotatable bonds is 1. The predicted octanol–water partition coefficient (Wildman–Crippen LogP) is 4.91. The molecular weight excluding hydrogens is 275 g/mol. The first-order chi connectivity index (χ1) is 8.13. The molecule has 0 fully saturated rings. The average Bonchev–Trinajstić information content (AvgIpc) is 2.85. The summed E-state index contributed by atoms with van der Waals surface area (Å²) in [5.41, 5.74) is 1.74. The van der Waals surface area contributed by atoms with Gasteiger partial charge in [-0.15, -0.1) is 11.3 Å². The van der Waals surface area contributed by atoms with Gasteiger partial charge in [-0.3, -0.25) is 0 Å². The molecule has 2 aromatic heterocycles. The number of aromatic amines is 1. The van der Waals surface area contributed by atoms with Crippen LogP contribution in [0.4, 0.5) is 0 Å². The predicted molar refractivity (Wildman–Crippen MR) is 74.2 cm³/mol. The number of aromatic nitrogens is 2. The van der Waals surface area contributed by atoms with Crippen molar-refractivity contribution < 1.29 is 0 Å². The zero-order valence-corrected chi connectivity index (χ0v) is 11.2. The van der Waals surface area contributed by atoms with Gasteiger partial charge in [0.15, 0.2) is 0 Å². The Balaban J connectivity index is 2.19. The molecule has 2 nitrogen and oxygen atoms in total. The lowest BCUT2D eigenvalue weighted by Gasteiger charge is -1.93. The molecule has 0 saturated carbocycles. The van der Waals surface area contributed by atoms with Gasteiger partial charge < -0.3 is 4.98 Å². The molecule has 1 N–H and O–H groups in total. The number of halogens is 2. The average molecular weight is 283 g/mol. The molecular formula is C12H8Cl2N2S. The molecule has 5 heteroatoms. The zero-order valence-electron chi connectivity index (χ0n) is 8.92. The number of benzene rings is 1. The van der Waals surface area contributed by atoms with Crippen LogP contribution in [0.25, 0.3) is 21.7 Å². The van der Waals surface area contributed by atoms with E-state index in [1.165, 1.54) is 4.88 Å². The topological polar surface area (TPSA) is 28.7 Å². The zero-order chi connectivity index (χ0) is 12.0. The summed E-state index contributed by atoms with van der Waals surface area (Å²) >= 11 is 13.6. The number of nitrogens with one attached hydrogen (secondary N) is 1. The third kappa shape index (κ3) is 1.95. The van der Waals surface area contributed by atoms with Gasteiger partial charge in [-0.05, 0) is 31.2 Å². The minimum absolute atomic E-state index is 0.527. The maximum atomic E-state index is 5.97. The highest BCUT2D eigenvalue weighted by atomic mass is 35.5. The molecule has 0 bridgehead atoms. The summed E-state index contributed by atoms with van der Waals surface area (Å²) < 4.78 is 0. The third-order valence-corrected chi connectivity index (χ3v) is 4.23. The Morgan fingerprint density at radius 2 is 1.94 bits per heavy atom. The summed E-state index contributed by atoms with van der Waals surface area (Å²) in [4.78, 5) is 10.1. The number of fused-ring (bicyclic) bond motifs is 1. The fraction of sp³-hybridized carbons (Fsp3) is 0.0833. The number of aryl methyl sites for hydroxylation is 1. The monoisotopic (exact) mass is 282 g/mol. The summed E-state index contributed by atoms with van der Waals surface area (Å²) in [5.74, 6) is 0.858. The van der Waals surface area contributed by atoms with Crippen molar-refractivity contribution in [1.29, 1.82) is 0 Å². The first kappa shape index (κ1) is 11.1. The van der Waals surface area contributed by atoms with Crippen LogP contribution in [0.3, 0.4) is 0 Å². The molecule has 0 aliphatic heterocycles. The largest absolute Gasteiger partial charge is 0.337 e. The molecule has 0 unspecified atom stereocenters. The van der Waals surface area contributed by atoms with Gasteiger partial charge in [0.2, 0.25) is 0 Å². The molecule has 17 heavy (non-hydrogen) atoms. The molecule has 1 aromatic carbocycles. The van der Waals surface area contributed by atoms with E-state index in [9.17, 15) is 0 Å². The Morgan fingerprint density at radius 3 is 2.65 bits per heavy atom. The minimum atomic E-state index is 0.527. The van der Waals surface area contributed by atoms with Gasteiger partial charge in [0.05, 0.1) is 26.0 Å². The highest BCUT2D eigenvalue weighted by Crippen LogP contribution is 2.31. The van der Waals surface area contributed by atoms with Crippen LogP contribution in [0.5, 0.6) is 0 Å². The van der Waals surface area contributed by atoms with Crippen LogP contribution in [0.2, 0.25) is 10.0 Å². The number of hydrogen-bond acceptors (Lipinski definition) is 2. The molecule has 2 heterocycles. The number of thiophene rings is 1. The molecule has 0 spiro atoms. The van der Waals surface area contributed by atoms with E-state index in [-0.39, 0.29) is 0 Å². The van der Waals surface area contributed by atoms with Crippen LogP contribution in [-0.4, -0.2) is 9.97 Å². The molecule has 0 saturated heterocycles. The quantitative estimate of drug-likeness (QED) is 0.675. The van der Waals surface area contributed by atoms with Gasteiger partial charge in [0.1, 0.15) is 5.82 Å². The third-order valence-electron chi connectivity index (χ3n) is 2.50.